The van der Waals surface area contributed by atoms with E-state index in [1.807, 2.05) is 0 Å². The Morgan fingerprint density at radius 3 is 2.05 bits per heavy atom. The summed E-state index contributed by atoms with van der Waals surface area (Å²) in [6, 6.07) is 6.75. The number of sulfonamides is 1. The third kappa shape index (κ3) is 5.69. The molecule has 1 aromatic rings. The number of benzene rings is 1. The van der Waals surface area contributed by atoms with E-state index in [0.29, 0.717) is 5.56 Å². The van der Waals surface area contributed by atoms with Crippen molar-refractivity contribution in [1.82, 2.24) is 4.31 Å². The number of hydrogen-bond donors (Lipinski definition) is 2. The molecule has 0 radical (unpaired) electrons. The molecule has 0 spiro atoms. The second kappa shape index (κ2) is 7.38. The van der Waals surface area contributed by atoms with Gasteiger partial charge >= 0.3 is 12.1 Å². The van der Waals surface area contributed by atoms with E-state index in [-0.39, 0.29) is 11.4 Å². The highest BCUT2D eigenvalue weighted by atomic mass is 32.2. The Morgan fingerprint density at radius 1 is 1.29 bits per heavy atom. The van der Waals surface area contributed by atoms with Crippen LogP contribution in [0, 0.1) is 0 Å². The van der Waals surface area contributed by atoms with Crippen LogP contribution in [-0.4, -0.2) is 44.1 Å². The van der Waals surface area contributed by atoms with Gasteiger partial charge in [-0.15, -0.1) is 0 Å². The van der Waals surface area contributed by atoms with Crippen molar-refractivity contribution in [2.45, 2.75) is 17.6 Å². The van der Waals surface area contributed by atoms with Crippen molar-refractivity contribution in [3.63, 3.8) is 0 Å². The summed E-state index contributed by atoms with van der Waals surface area (Å²) in [7, 11) is -0.361. The van der Waals surface area contributed by atoms with Crippen molar-refractivity contribution >= 4 is 16.0 Å². The lowest BCUT2D eigenvalue weighted by molar-refractivity contribution is -0.192. The van der Waals surface area contributed by atoms with Gasteiger partial charge in [0.2, 0.25) is 10.0 Å². The Morgan fingerprint density at radius 2 is 1.71 bits per heavy atom. The van der Waals surface area contributed by atoms with Crippen LogP contribution in [0.2, 0.25) is 0 Å². The fourth-order valence-corrected chi connectivity index (χ4v) is 2.25. The standard InChI is InChI=1S/C9H14N2O2S.C2HF3O2/c1-11(2)14(12,13)9-6-4-3-5-8(9)7-10;3-2(4,5)1(6)7/h3-6H,7,10H2,1-2H3;(H,6,7). The Bertz CT molecular complexity index is 585. The van der Waals surface area contributed by atoms with E-state index in [1.54, 1.807) is 24.3 Å². The maximum atomic E-state index is 11.8. The van der Waals surface area contributed by atoms with Gasteiger partial charge in [-0.3, -0.25) is 0 Å². The van der Waals surface area contributed by atoms with Gasteiger partial charge in [0.15, 0.2) is 0 Å². The molecular weight excluding hydrogens is 313 g/mol. The molecule has 0 unspecified atom stereocenters. The summed E-state index contributed by atoms with van der Waals surface area (Å²) in [5.41, 5.74) is 6.10. The first-order valence-corrected chi connectivity index (χ1v) is 6.89. The van der Waals surface area contributed by atoms with Crippen LogP contribution in [0.4, 0.5) is 13.2 Å². The molecule has 0 saturated carbocycles. The van der Waals surface area contributed by atoms with Crippen LogP contribution in [0.5, 0.6) is 0 Å². The van der Waals surface area contributed by atoms with Crippen LogP contribution in [0.1, 0.15) is 5.56 Å². The number of rotatable bonds is 3. The second-order valence-electron chi connectivity index (χ2n) is 3.90. The zero-order valence-corrected chi connectivity index (χ0v) is 12.1. The summed E-state index contributed by atoms with van der Waals surface area (Å²) in [6.45, 7) is 0.225. The highest BCUT2D eigenvalue weighted by Gasteiger charge is 2.38. The van der Waals surface area contributed by atoms with Gasteiger partial charge in [0.25, 0.3) is 0 Å². The molecule has 0 aliphatic heterocycles. The number of nitrogens with two attached hydrogens (primary N) is 1. The van der Waals surface area contributed by atoms with Crippen molar-refractivity contribution in [3.05, 3.63) is 29.8 Å². The van der Waals surface area contributed by atoms with Gasteiger partial charge in [-0.1, -0.05) is 18.2 Å². The summed E-state index contributed by atoms with van der Waals surface area (Å²) >= 11 is 0. The Balaban J connectivity index is 0.000000486. The Kier molecular flexibility index (Phi) is 6.80. The van der Waals surface area contributed by atoms with Crippen LogP contribution < -0.4 is 5.73 Å². The Labute approximate surface area is 120 Å². The summed E-state index contributed by atoms with van der Waals surface area (Å²) in [4.78, 5) is 9.18. The summed E-state index contributed by atoms with van der Waals surface area (Å²) in [6.07, 6.45) is -5.08. The molecule has 0 fully saturated rings. The average Bonchev–Trinajstić information content (AvgIpc) is 2.38. The first kappa shape index (κ1) is 19.4. The van der Waals surface area contributed by atoms with Crippen molar-refractivity contribution in [2.24, 2.45) is 5.73 Å². The molecule has 0 heterocycles. The van der Waals surface area contributed by atoms with E-state index < -0.39 is 22.2 Å². The summed E-state index contributed by atoms with van der Waals surface area (Å²) < 4.78 is 56.5. The molecule has 0 saturated heterocycles. The number of carbonyl (C=O) groups is 1. The third-order valence-electron chi connectivity index (χ3n) is 2.19. The van der Waals surface area contributed by atoms with Crippen molar-refractivity contribution in [2.75, 3.05) is 14.1 Å². The fraction of sp³-hybridized carbons (Fsp3) is 0.364. The van der Waals surface area contributed by atoms with Gasteiger partial charge in [0.1, 0.15) is 0 Å². The summed E-state index contributed by atoms with van der Waals surface area (Å²) in [5, 5.41) is 7.12. The van der Waals surface area contributed by atoms with Gasteiger partial charge < -0.3 is 10.8 Å². The van der Waals surface area contributed by atoms with E-state index in [2.05, 4.69) is 0 Å². The second-order valence-corrected chi connectivity index (χ2v) is 6.02. The number of halogens is 3. The molecule has 120 valence electrons. The topological polar surface area (TPSA) is 101 Å². The van der Waals surface area contributed by atoms with Gasteiger partial charge in [-0.05, 0) is 11.6 Å². The van der Waals surface area contributed by atoms with Crippen LogP contribution in [0.3, 0.4) is 0 Å². The van der Waals surface area contributed by atoms with E-state index in [1.165, 1.54) is 18.4 Å². The lowest BCUT2D eigenvalue weighted by Gasteiger charge is -2.13. The lowest BCUT2D eigenvalue weighted by Crippen LogP contribution is -2.23. The number of hydrogen-bond acceptors (Lipinski definition) is 4. The minimum absolute atomic E-state index is 0.225. The predicted molar refractivity (Wildman–Crippen MR) is 68.9 cm³/mol. The molecule has 0 aliphatic rings. The highest BCUT2D eigenvalue weighted by Crippen LogP contribution is 2.17. The highest BCUT2D eigenvalue weighted by molar-refractivity contribution is 7.89. The zero-order chi connectivity index (χ0) is 16.8. The van der Waals surface area contributed by atoms with E-state index >= 15 is 0 Å². The Hall–Kier alpha value is -1.65. The monoisotopic (exact) mass is 328 g/mol. The first-order valence-electron chi connectivity index (χ1n) is 5.45. The van der Waals surface area contributed by atoms with Gasteiger partial charge in [0.05, 0.1) is 4.90 Å². The molecule has 1 rings (SSSR count). The molecule has 0 amide bonds. The molecule has 0 aromatic heterocycles. The van der Waals surface area contributed by atoms with E-state index in [9.17, 15) is 21.6 Å². The quantitative estimate of drug-likeness (QED) is 0.863. The van der Waals surface area contributed by atoms with Crippen LogP contribution in [0.15, 0.2) is 29.2 Å². The molecule has 6 nitrogen and oxygen atoms in total. The SMILES string of the molecule is CN(C)S(=O)(=O)c1ccccc1CN.O=C(O)C(F)(F)F. The normalized spacial score (nSPS) is 11.8. The smallest absolute Gasteiger partial charge is 0.475 e. The van der Waals surface area contributed by atoms with Crippen molar-refractivity contribution in [3.8, 4) is 0 Å². The largest absolute Gasteiger partial charge is 0.490 e. The molecule has 0 bridgehead atoms. The van der Waals surface area contributed by atoms with Gasteiger partial charge in [0, 0.05) is 20.6 Å². The minimum atomic E-state index is -5.08. The maximum absolute atomic E-state index is 11.8. The molecule has 10 heteroatoms. The summed E-state index contributed by atoms with van der Waals surface area (Å²) in [5.74, 6) is -2.76. The van der Waals surface area contributed by atoms with Crippen LogP contribution in [0.25, 0.3) is 0 Å². The van der Waals surface area contributed by atoms with E-state index in [4.69, 9.17) is 15.6 Å². The lowest BCUT2D eigenvalue weighted by atomic mass is 10.2. The van der Waals surface area contributed by atoms with Gasteiger partial charge in [-0.25, -0.2) is 17.5 Å². The number of carboxylic acids is 1. The first-order chi connectivity index (χ1) is 9.44. The van der Waals surface area contributed by atoms with Crippen LogP contribution >= 0.6 is 0 Å². The molecule has 1 aromatic carbocycles. The molecular formula is C11H15F3N2O4S. The number of nitrogens with zero attached hydrogens (tertiary/aromatic N) is 1. The number of carboxylic acid groups (broad SMARTS) is 1. The fourth-order valence-electron chi connectivity index (χ4n) is 1.12. The molecule has 0 aliphatic carbocycles. The van der Waals surface area contributed by atoms with Crippen LogP contribution in [-0.2, 0) is 21.4 Å². The molecule has 0 atom stereocenters. The molecule has 21 heavy (non-hydrogen) atoms. The predicted octanol–water partition coefficient (Wildman–Crippen LogP) is 1.03. The average molecular weight is 328 g/mol. The van der Waals surface area contributed by atoms with Crippen molar-refractivity contribution in [1.29, 1.82) is 0 Å². The zero-order valence-electron chi connectivity index (χ0n) is 11.3. The third-order valence-corrected chi connectivity index (χ3v) is 4.11. The van der Waals surface area contributed by atoms with E-state index in [0.717, 1.165) is 0 Å². The number of alkyl halides is 3. The molecule has 3 N–H and O–H groups in total. The minimum Gasteiger partial charge on any atom is -0.475 e. The van der Waals surface area contributed by atoms with Gasteiger partial charge in [-0.2, -0.15) is 13.2 Å². The number of aliphatic carboxylic acids is 1. The van der Waals surface area contributed by atoms with Crippen molar-refractivity contribution < 1.29 is 31.5 Å². The maximum Gasteiger partial charge on any atom is 0.490 e.